The van der Waals surface area contributed by atoms with Crippen molar-refractivity contribution in [1.29, 1.82) is 0 Å². The number of aliphatic carboxylic acids is 1. The highest BCUT2D eigenvalue weighted by Gasteiger charge is 2.12. The van der Waals surface area contributed by atoms with Crippen LogP contribution in [0, 0.1) is 0 Å². The third-order valence-electron chi connectivity index (χ3n) is 1.73. The summed E-state index contributed by atoms with van der Waals surface area (Å²) in [5.41, 5.74) is 0.566. The molecule has 0 aliphatic carbocycles. The van der Waals surface area contributed by atoms with Gasteiger partial charge in [-0.2, -0.15) is 0 Å². The first-order valence-corrected chi connectivity index (χ1v) is 5.81. The number of hydrogen-bond donors (Lipinski definition) is 1. The summed E-state index contributed by atoms with van der Waals surface area (Å²) in [5.74, 6) is -0.840. The number of thioether (sulfide) groups is 1. The second-order valence-electron chi connectivity index (χ2n) is 2.91. The zero-order valence-corrected chi connectivity index (χ0v) is 9.90. The van der Waals surface area contributed by atoms with Gasteiger partial charge in [0.2, 0.25) is 5.89 Å². The Balaban J connectivity index is 2.18. The largest absolute Gasteiger partial charge is 0.481 e. The number of pyridine rings is 1. The van der Waals surface area contributed by atoms with Gasteiger partial charge in [0.15, 0.2) is 0 Å². The maximum atomic E-state index is 10.4. The van der Waals surface area contributed by atoms with E-state index in [9.17, 15) is 4.79 Å². The summed E-state index contributed by atoms with van der Waals surface area (Å²) in [5, 5.41) is 16.6. The molecule has 0 unspecified atom stereocenters. The molecular formula is C9H6ClN3O3S. The lowest BCUT2D eigenvalue weighted by molar-refractivity contribution is -0.133. The summed E-state index contributed by atoms with van der Waals surface area (Å²) < 4.78 is 5.27. The van der Waals surface area contributed by atoms with Crippen molar-refractivity contribution in [3.05, 3.63) is 23.5 Å². The van der Waals surface area contributed by atoms with Crippen molar-refractivity contribution in [1.82, 2.24) is 15.2 Å². The van der Waals surface area contributed by atoms with E-state index in [1.54, 1.807) is 12.3 Å². The molecule has 2 heterocycles. The van der Waals surface area contributed by atoms with Gasteiger partial charge in [0.1, 0.15) is 5.75 Å². The van der Waals surface area contributed by atoms with Gasteiger partial charge < -0.3 is 9.52 Å². The fourth-order valence-corrected chi connectivity index (χ4v) is 1.73. The Labute approximate surface area is 105 Å². The van der Waals surface area contributed by atoms with Crippen molar-refractivity contribution >= 4 is 29.3 Å². The van der Waals surface area contributed by atoms with Crippen LogP contribution in [-0.4, -0.2) is 32.0 Å². The molecule has 0 aromatic carbocycles. The second kappa shape index (κ2) is 5.15. The molecule has 0 aliphatic heterocycles. The first kappa shape index (κ1) is 11.9. The standard InChI is InChI=1S/C9H6ClN3O3S/c10-6-3-11-2-1-5(6)8-12-13-9(16-8)17-4-7(14)15/h1-3H,4H2,(H,14,15). The van der Waals surface area contributed by atoms with E-state index in [1.807, 2.05) is 0 Å². The second-order valence-corrected chi connectivity index (χ2v) is 4.24. The average Bonchev–Trinajstić information content (AvgIpc) is 2.75. The van der Waals surface area contributed by atoms with E-state index in [0.717, 1.165) is 11.8 Å². The number of rotatable bonds is 4. The lowest BCUT2D eigenvalue weighted by Gasteiger charge is -1.95. The van der Waals surface area contributed by atoms with Gasteiger partial charge >= 0.3 is 5.97 Å². The molecule has 2 aromatic rings. The number of carboxylic acid groups (broad SMARTS) is 1. The quantitative estimate of drug-likeness (QED) is 0.850. The highest BCUT2D eigenvalue weighted by atomic mass is 35.5. The molecular weight excluding hydrogens is 266 g/mol. The fourth-order valence-electron chi connectivity index (χ4n) is 1.05. The van der Waals surface area contributed by atoms with Crippen LogP contribution in [0.5, 0.6) is 0 Å². The van der Waals surface area contributed by atoms with Gasteiger partial charge in [-0.3, -0.25) is 9.78 Å². The predicted molar refractivity (Wildman–Crippen MR) is 60.9 cm³/mol. The minimum absolute atomic E-state index is 0.133. The third kappa shape index (κ3) is 2.95. The Hall–Kier alpha value is -1.60. The van der Waals surface area contributed by atoms with Crippen LogP contribution in [-0.2, 0) is 4.79 Å². The maximum Gasteiger partial charge on any atom is 0.314 e. The van der Waals surface area contributed by atoms with Crippen LogP contribution < -0.4 is 0 Å². The predicted octanol–water partition coefficient (Wildman–Crippen LogP) is 1.96. The SMILES string of the molecule is O=C(O)CSc1nnc(-c2ccncc2Cl)o1. The van der Waals surface area contributed by atoms with Gasteiger partial charge in [-0.1, -0.05) is 23.4 Å². The van der Waals surface area contributed by atoms with Crippen molar-refractivity contribution in [2.45, 2.75) is 5.22 Å². The molecule has 0 bridgehead atoms. The molecule has 0 amide bonds. The van der Waals surface area contributed by atoms with Crippen LogP contribution in [0.2, 0.25) is 5.02 Å². The molecule has 8 heteroatoms. The van der Waals surface area contributed by atoms with Crippen LogP contribution >= 0.6 is 23.4 Å². The van der Waals surface area contributed by atoms with Gasteiger partial charge in [-0.15, -0.1) is 10.2 Å². The molecule has 88 valence electrons. The number of aromatic nitrogens is 3. The first-order valence-electron chi connectivity index (χ1n) is 4.45. The molecule has 0 saturated heterocycles. The van der Waals surface area contributed by atoms with E-state index in [0.29, 0.717) is 10.6 Å². The summed E-state index contributed by atoms with van der Waals surface area (Å²) in [4.78, 5) is 14.2. The van der Waals surface area contributed by atoms with E-state index in [1.165, 1.54) is 6.20 Å². The average molecular weight is 272 g/mol. The molecule has 0 spiro atoms. The third-order valence-corrected chi connectivity index (χ3v) is 2.83. The van der Waals surface area contributed by atoms with E-state index in [-0.39, 0.29) is 16.9 Å². The summed E-state index contributed by atoms with van der Waals surface area (Å²) in [6.07, 6.45) is 3.01. The zero-order valence-electron chi connectivity index (χ0n) is 8.33. The van der Waals surface area contributed by atoms with E-state index < -0.39 is 5.97 Å². The number of halogens is 1. The molecule has 0 atom stereocenters. The summed E-state index contributed by atoms with van der Waals surface area (Å²) in [6.45, 7) is 0. The monoisotopic (exact) mass is 271 g/mol. The lowest BCUT2D eigenvalue weighted by Crippen LogP contribution is -1.97. The van der Waals surface area contributed by atoms with Crippen molar-refractivity contribution in [2.75, 3.05) is 5.75 Å². The van der Waals surface area contributed by atoms with Crippen molar-refractivity contribution in [2.24, 2.45) is 0 Å². The Morgan fingerprint density at radius 2 is 2.35 bits per heavy atom. The van der Waals surface area contributed by atoms with E-state index in [4.69, 9.17) is 21.1 Å². The minimum atomic E-state index is -0.948. The van der Waals surface area contributed by atoms with Gasteiger partial charge in [-0.05, 0) is 6.07 Å². The molecule has 17 heavy (non-hydrogen) atoms. The molecule has 0 fully saturated rings. The smallest absolute Gasteiger partial charge is 0.314 e. The first-order chi connectivity index (χ1) is 8.16. The molecule has 0 radical (unpaired) electrons. The normalized spacial score (nSPS) is 10.4. The van der Waals surface area contributed by atoms with Gasteiger partial charge in [0.05, 0.1) is 10.6 Å². The molecule has 2 aromatic heterocycles. The summed E-state index contributed by atoms with van der Waals surface area (Å²) in [6, 6.07) is 1.64. The number of carboxylic acids is 1. The van der Waals surface area contributed by atoms with Crippen LogP contribution in [0.4, 0.5) is 0 Å². The lowest BCUT2D eigenvalue weighted by atomic mass is 10.3. The molecule has 2 rings (SSSR count). The molecule has 0 aliphatic rings. The molecule has 1 N–H and O–H groups in total. The van der Waals surface area contributed by atoms with Gasteiger partial charge in [0.25, 0.3) is 5.22 Å². The Bertz CT molecular complexity index is 546. The zero-order chi connectivity index (χ0) is 12.3. The maximum absolute atomic E-state index is 10.4. The molecule has 0 saturated carbocycles. The van der Waals surface area contributed by atoms with Crippen LogP contribution in [0.15, 0.2) is 28.1 Å². The van der Waals surface area contributed by atoms with Crippen LogP contribution in [0.1, 0.15) is 0 Å². The van der Waals surface area contributed by atoms with Gasteiger partial charge in [-0.25, -0.2) is 0 Å². The topological polar surface area (TPSA) is 89.1 Å². The van der Waals surface area contributed by atoms with Crippen molar-refractivity contribution < 1.29 is 14.3 Å². The van der Waals surface area contributed by atoms with Crippen molar-refractivity contribution in [3.63, 3.8) is 0 Å². The summed E-state index contributed by atoms with van der Waals surface area (Å²) in [7, 11) is 0. The minimum Gasteiger partial charge on any atom is -0.481 e. The van der Waals surface area contributed by atoms with E-state index in [2.05, 4.69) is 15.2 Å². The Morgan fingerprint density at radius 1 is 1.53 bits per heavy atom. The highest BCUT2D eigenvalue weighted by Crippen LogP contribution is 2.27. The van der Waals surface area contributed by atoms with Crippen LogP contribution in [0.25, 0.3) is 11.5 Å². The van der Waals surface area contributed by atoms with E-state index >= 15 is 0 Å². The Kier molecular flexibility index (Phi) is 3.60. The highest BCUT2D eigenvalue weighted by molar-refractivity contribution is 7.99. The number of carbonyl (C=O) groups is 1. The number of nitrogens with zero attached hydrogens (tertiary/aromatic N) is 3. The fraction of sp³-hybridized carbons (Fsp3) is 0.111. The van der Waals surface area contributed by atoms with Gasteiger partial charge in [0, 0.05) is 12.4 Å². The molecule has 6 nitrogen and oxygen atoms in total. The van der Waals surface area contributed by atoms with Crippen LogP contribution in [0.3, 0.4) is 0 Å². The number of hydrogen-bond acceptors (Lipinski definition) is 6. The Morgan fingerprint density at radius 3 is 3.06 bits per heavy atom. The summed E-state index contributed by atoms with van der Waals surface area (Å²) >= 11 is 6.86. The van der Waals surface area contributed by atoms with Crippen molar-refractivity contribution in [3.8, 4) is 11.5 Å².